The molecule has 0 spiro atoms. The molecule has 37 heavy (non-hydrogen) atoms. The van der Waals surface area contributed by atoms with Crippen LogP contribution in [0.15, 0.2) is 41.1 Å². The summed E-state index contributed by atoms with van der Waals surface area (Å²) in [5.41, 5.74) is 3.43. The number of halogens is 1. The predicted molar refractivity (Wildman–Crippen MR) is 150 cm³/mol. The van der Waals surface area contributed by atoms with Crippen molar-refractivity contribution in [1.82, 2.24) is 15.1 Å². The maximum atomic E-state index is 13.6. The molecule has 10 heteroatoms. The first-order valence-electron chi connectivity index (χ1n) is 12.4. The van der Waals surface area contributed by atoms with Gasteiger partial charge in [-0.25, -0.2) is 4.68 Å². The maximum Gasteiger partial charge on any atom is 0.240 e. The Balaban J connectivity index is 1.63. The van der Waals surface area contributed by atoms with Crippen LogP contribution in [0.2, 0.25) is 5.02 Å². The van der Waals surface area contributed by atoms with Crippen molar-refractivity contribution < 1.29 is 14.3 Å². The van der Waals surface area contributed by atoms with Gasteiger partial charge in [-0.1, -0.05) is 38.4 Å². The highest BCUT2D eigenvalue weighted by Crippen LogP contribution is 2.48. The molecule has 1 saturated heterocycles. The molecule has 0 saturated carbocycles. The Hall–Kier alpha value is -2.33. The first kappa shape index (κ1) is 26.3. The summed E-state index contributed by atoms with van der Waals surface area (Å²) >= 11 is 9.58. The van der Waals surface area contributed by atoms with E-state index in [1.165, 1.54) is 0 Å². The molecule has 196 valence electrons. The van der Waals surface area contributed by atoms with Crippen molar-refractivity contribution in [3.63, 3.8) is 0 Å². The van der Waals surface area contributed by atoms with Gasteiger partial charge in [0.1, 0.15) is 12.4 Å². The maximum absolute atomic E-state index is 13.6. The third kappa shape index (κ3) is 5.60. The monoisotopic (exact) mass is 558 g/mol. The largest absolute Gasteiger partial charge is 0.376 e. The number of ether oxygens (including phenoxy) is 1. The number of aromatic nitrogens is 2. The van der Waals surface area contributed by atoms with Crippen LogP contribution in [0.25, 0.3) is 5.69 Å². The zero-order valence-corrected chi connectivity index (χ0v) is 23.6. The summed E-state index contributed by atoms with van der Waals surface area (Å²) in [6.45, 7) is 7.45. The molecule has 7 nitrogen and oxygen atoms in total. The highest BCUT2D eigenvalue weighted by Gasteiger charge is 2.40. The van der Waals surface area contributed by atoms with E-state index in [9.17, 15) is 9.59 Å². The van der Waals surface area contributed by atoms with E-state index in [1.54, 1.807) is 32.7 Å². The Morgan fingerprint density at radius 2 is 2.14 bits per heavy atom. The molecule has 1 fully saturated rings. The van der Waals surface area contributed by atoms with E-state index in [2.05, 4.69) is 42.9 Å². The summed E-state index contributed by atoms with van der Waals surface area (Å²) in [6, 6.07) is 9.53. The fraction of sp³-hybridized carbons (Fsp3) is 0.444. The van der Waals surface area contributed by atoms with Crippen LogP contribution < -0.4 is 10.2 Å². The van der Waals surface area contributed by atoms with Gasteiger partial charge in [-0.3, -0.25) is 14.5 Å². The van der Waals surface area contributed by atoms with Crippen LogP contribution in [0, 0.1) is 0 Å². The average Bonchev–Trinajstić information content (AvgIpc) is 3.61. The van der Waals surface area contributed by atoms with E-state index in [-0.39, 0.29) is 40.9 Å². The van der Waals surface area contributed by atoms with Gasteiger partial charge in [-0.15, -0.1) is 11.8 Å². The van der Waals surface area contributed by atoms with Crippen molar-refractivity contribution >= 4 is 52.3 Å². The fourth-order valence-electron chi connectivity index (χ4n) is 4.78. The number of carbonyl (C=O) groups is 2. The smallest absolute Gasteiger partial charge is 0.240 e. The molecule has 1 aromatic carbocycles. The second-order valence-electron chi connectivity index (χ2n) is 10.4. The van der Waals surface area contributed by atoms with Crippen molar-refractivity contribution in [3.8, 4) is 5.69 Å². The van der Waals surface area contributed by atoms with E-state index in [0.717, 1.165) is 42.0 Å². The number of nitrogens with zero attached hydrogens (tertiary/aromatic N) is 3. The lowest BCUT2D eigenvalue weighted by molar-refractivity contribution is -0.123. The van der Waals surface area contributed by atoms with Crippen LogP contribution in [-0.4, -0.2) is 53.1 Å². The molecule has 4 heterocycles. The number of anilines is 1. The van der Waals surface area contributed by atoms with Crippen molar-refractivity contribution in [2.24, 2.45) is 0 Å². The number of thiophene rings is 1. The van der Waals surface area contributed by atoms with Gasteiger partial charge in [0.15, 0.2) is 0 Å². The number of nitrogens with one attached hydrogen (secondary N) is 1. The summed E-state index contributed by atoms with van der Waals surface area (Å²) in [6.07, 6.45) is 1.97. The lowest BCUT2D eigenvalue weighted by atomic mass is 9.87. The Morgan fingerprint density at radius 1 is 1.30 bits per heavy atom. The van der Waals surface area contributed by atoms with Crippen molar-refractivity contribution in [2.45, 2.75) is 50.4 Å². The zero-order valence-electron chi connectivity index (χ0n) is 21.2. The lowest BCUT2D eigenvalue weighted by Crippen LogP contribution is -2.44. The molecule has 3 aromatic rings. The molecular formula is C27H31ClN4O3S2. The van der Waals surface area contributed by atoms with Crippen molar-refractivity contribution in [2.75, 3.05) is 30.3 Å². The minimum Gasteiger partial charge on any atom is -0.376 e. The van der Waals surface area contributed by atoms with Crippen LogP contribution in [0.4, 0.5) is 5.82 Å². The summed E-state index contributed by atoms with van der Waals surface area (Å²) < 4.78 is 7.44. The Kier molecular flexibility index (Phi) is 7.68. The Bertz CT molecular complexity index is 1280. The van der Waals surface area contributed by atoms with E-state index in [0.29, 0.717) is 17.4 Å². The normalized spacial score (nSPS) is 20.1. The van der Waals surface area contributed by atoms with Gasteiger partial charge in [-0.05, 0) is 53.4 Å². The second kappa shape index (κ2) is 10.8. The van der Waals surface area contributed by atoms with Crippen LogP contribution in [0.5, 0.6) is 0 Å². The molecule has 0 radical (unpaired) electrons. The van der Waals surface area contributed by atoms with Crippen LogP contribution in [0.3, 0.4) is 0 Å². The number of rotatable bonds is 6. The van der Waals surface area contributed by atoms with E-state index in [4.69, 9.17) is 21.4 Å². The van der Waals surface area contributed by atoms with Gasteiger partial charge in [0, 0.05) is 29.2 Å². The van der Waals surface area contributed by atoms with Crippen LogP contribution >= 0.6 is 34.7 Å². The van der Waals surface area contributed by atoms with Gasteiger partial charge in [0.25, 0.3) is 0 Å². The third-order valence-electron chi connectivity index (χ3n) is 6.55. The fourth-order valence-corrected chi connectivity index (χ4v) is 6.93. The van der Waals surface area contributed by atoms with Gasteiger partial charge < -0.3 is 10.1 Å². The van der Waals surface area contributed by atoms with Crippen molar-refractivity contribution in [3.05, 3.63) is 62.9 Å². The first-order valence-corrected chi connectivity index (χ1v) is 14.8. The molecule has 2 aliphatic rings. The number of hydrogen-bond donors (Lipinski definition) is 1. The lowest BCUT2D eigenvalue weighted by Gasteiger charge is -2.24. The van der Waals surface area contributed by atoms with E-state index < -0.39 is 0 Å². The standard InChI is InChI=1S/C27H31ClN4O3S2/c1-27(2,3)25-23-24(17-9-11-36-15-17)37-16-22(34)31(14-21(33)29-13-20-8-5-10-35-20)26(23)32(30-25)19-7-4-6-18(28)12-19/h4,6-7,9,11-12,15,20,24H,5,8,10,13-14,16H2,1-3H3,(H,29,33)/t20-,24+/m0/s1. The summed E-state index contributed by atoms with van der Waals surface area (Å²) in [5.74, 6) is 0.545. The molecule has 2 aromatic heterocycles. The topological polar surface area (TPSA) is 76.5 Å². The summed E-state index contributed by atoms with van der Waals surface area (Å²) in [7, 11) is 0. The number of thioether (sulfide) groups is 1. The molecule has 1 N–H and O–H groups in total. The van der Waals surface area contributed by atoms with E-state index >= 15 is 0 Å². The summed E-state index contributed by atoms with van der Waals surface area (Å²) in [4.78, 5) is 28.4. The molecule has 2 atom stereocenters. The Morgan fingerprint density at radius 3 is 2.81 bits per heavy atom. The average molecular weight is 559 g/mol. The minimum atomic E-state index is -0.302. The van der Waals surface area contributed by atoms with Crippen molar-refractivity contribution in [1.29, 1.82) is 0 Å². The van der Waals surface area contributed by atoms with Crippen LogP contribution in [-0.2, 0) is 19.7 Å². The first-order chi connectivity index (χ1) is 17.7. The van der Waals surface area contributed by atoms with Gasteiger partial charge in [0.2, 0.25) is 11.8 Å². The summed E-state index contributed by atoms with van der Waals surface area (Å²) in [5, 5.41) is 12.7. The van der Waals surface area contributed by atoms with Gasteiger partial charge in [-0.2, -0.15) is 16.4 Å². The molecular weight excluding hydrogens is 528 g/mol. The molecule has 0 bridgehead atoms. The number of carbonyl (C=O) groups excluding carboxylic acids is 2. The number of benzene rings is 1. The minimum absolute atomic E-state index is 0.0300. The predicted octanol–water partition coefficient (Wildman–Crippen LogP) is 5.35. The number of hydrogen-bond acceptors (Lipinski definition) is 6. The molecule has 0 unspecified atom stereocenters. The third-order valence-corrected chi connectivity index (χ3v) is 8.74. The number of fused-ring (bicyclic) bond motifs is 1. The molecule has 0 aliphatic carbocycles. The SMILES string of the molecule is CC(C)(C)c1nn(-c2cccc(Cl)c2)c2c1[C@@H](c1ccsc1)SCC(=O)N2CC(=O)NC[C@@H]1CCCO1. The van der Waals surface area contributed by atoms with Gasteiger partial charge >= 0.3 is 0 Å². The molecule has 2 amide bonds. The van der Waals surface area contributed by atoms with Crippen LogP contribution in [0.1, 0.15) is 55.7 Å². The highest BCUT2D eigenvalue weighted by molar-refractivity contribution is 8.00. The quantitative estimate of drug-likeness (QED) is 0.441. The second-order valence-corrected chi connectivity index (χ2v) is 12.7. The Labute approximate surface area is 230 Å². The molecule has 2 aliphatic heterocycles. The van der Waals surface area contributed by atoms with E-state index in [1.807, 2.05) is 24.3 Å². The zero-order chi connectivity index (χ0) is 26.2. The molecule has 5 rings (SSSR count). The number of amides is 2. The van der Waals surface area contributed by atoms with Gasteiger partial charge in [0.05, 0.1) is 28.5 Å². The highest BCUT2D eigenvalue weighted by atomic mass is 35.5.